The Morgan fingerprint density at radius 3 is 2.64 bits per heavy atom. The van der Waals surface area contributed by atoms with Gasteiger partial charge < -0.3 is 14.7 Å². The maximum Gasteiger partial charge on any atom is 0.253 e. The molecule has 1 aliphatic rings. The Morgan fingerprint density at radius 1 is 1.21 bits per heavy atom. The van der Waals surface area contributed by atoms with Crippen molar-refractivity contribution < 1.29 is 23.4 Å². The Bertz CT molecular complexity index is 916. The zero-order chi connectivity index (χ0) is 20.1. The number of ether oxygens (including phenoxy) is 1. The molecule has 0 radical (unpaired) electrons. The fraction of sp³-hybridized carbons (Fsp3) is 0.318. The molecule has 28 heavy (non-hydrogen) atoms. The van der Waals surface area contributed by atoms with E-state index >= 15 is 0 Å². The normalized spacial score (nSPS) is 16.3. The number of carbonyl (C=O) groups excluding carboxylic acids is 1. The van der Waals surface area contributed by atoms with E-state index in [0.717, 1.165) is 25.0 Å². The number of nitrogens with zero attached hydrogens (tertiary/aromatic N) is 1. The molecular formula is C22H21F2NO3. The van der Waals surface area contributed by atoms with Crippen molar-refractivity contribution in [3.05, 3.63) is 64.7 Å². The van der Waals surface area contributed by atoms with E-state index in [4.69, 9.17) is 4.74 Å². The fourth-order valence-electron chi connectivity index (χ4n) is 3.20. The molecule has 1 amide bonds. The molecule has 1 fully saturated rings. The number of likely N-dealkylation sites (tertiary alicyclic amines) is 1. The molecule has 0 aromatic heterocycles. The third kappa shape index (κ3) is 4.49. The smallest absolute Gasteiger partial charge is 0.253 e. The standard InChI is InChI=1S/C22H21F2NO3/c1-28-21-12-19(23)18(11-20(21)24)9-6-15-4-7-17(8-5-15)22(27)25-10-2-3-16(13-25)14-26/h4-5,7-8,11-12,16,26H,2-3,10,13-14H2,1H3. The van der Waals surface area contributed by atoms with Crippen LogP contribution in [-0.4, -0.2) is 42.7 Å². The lowest BCUT2D eigenvalue weighted by molar-refractivity contribution is 0.0620. The molecule has 4 nitrogen and oxygen atoms in total. The first-order chi connectivity index (χ1) is 13.5. The van der Waals surface area contributed by atoms with Gasteiger partial charge in [0.05, 0.1) is 12.7 Å². The second-order valence-electron chi connectivity index (χ2n) is 6.74. The second kappa shape index (κ2) is 8.85. The Morgan fingerprint density at radius 2 is 1.96 bits per heavy atom. The van der Waals surface area contributed by atoms with Crippen LogP contribution in [0.3, 0.4) is 0 Å². The minimum atomic E-state index is -0.683. The second-order valence-corrected chi connectivity index (χ2v) is 6.74. The monoisotopic (exact) mass is 385 g/mol. The first-order valence-corrected chi connectivity index (χ1v) is 9.07. The topological polar surface area (TPSA) is 49.8 Å². The fourth-order valence-corrected chi connectivity index (χ4v) is 3.20. The Hall–Kier alpha value is -2.91. The van der Waals surface area contributed by atoms with Crippen LogP contribution in [0.4, 0.5) is 8.78 Å². The van der Waals surface area contributed by atoms with Crippen molar-refractivity contribution in [2.45, 2.75) is 12.8 Å². The third-order valence-corrected chi connectivity index (χ3v) is 4.78. The highest BCUT2D eigenvalue weighted by Crippen LogP contribution is 2.21. The van der Waals surface area contributed by atoms with Crippen LogP contribution in [0.5, 0.6) is 5.75 Å². The first-order valence-electron chi connectivity index (χ1n) is 9.07. The number of halogens is 2. The third-order valence-electron chi connectivity index (χ3n) is 4.78. The van der Waals surface area contributed by atoms with Crippen LogP contribution in [0.2, 0.25) is 0 Å². The molecule has 1 aliphatic heterocycles. The minimum Gasteiger partial charge on any atom is -0.494 e. The summed E-state index contributed by atoms with van der Waals surface area (Å²) in [5.74, 6) is 3.90. The predicted molar refractivity (Wildman–Crippen MR) is 101 cm³/mol. The Balaban J connectivity index is 1.73. The van der Waals surface area contributed by atoms with E-state index < -0.39 is 11.6 Å². The number of amides is 1. The van der Waals surface area contributed by atoms with E-state index in [0.29, 0.717) is 24.2 Å². The number of aliphatic hydroxyl groups excluding tert-OH is 1. The molecule has 1 saturated heterocycles. The summed E-state index contributed by atoms with van der Waals surface area (Å²) >= 11 is 0. The highest BCUT2D eigenvalue weighted by molar-refractivity contribution is 5.94. The highest BCUT2D eigenvalue weighted by atomic mass is 19.1. The van der Waals surface area contributed by atoms with Crippen LogP contribution in [0.1, 0.15) is 34.3 Å². The van der Waals surface area contributed by atoms with E-state index in [2.05, 4.69) is 11.8 Å². The molecule has 0 aliphatic carbocycles. The van der Waals surface area contributed by atoms with Crippen LogP contribution in [-0.2, 0) is 0 Å². The van der Waals surface area contributed by atoms with Gasteiger partial charge in [0.2, 0.25) is 0 Å². The quantitative estimate of drug-likeness (QED) is 0.826. The molecule has 0 saturated carbocycles. The SMILES string of the molecule is COc1cc(F)c(C#Cc2ccc(C(=O)N3CCCC(CO)C3)cc2)cc1F. The summed E-state index contributed by atoms with van der Waals surface area (Å²) in [5, 5.41) is 9.31. The summed E-state index contributed by atoms with van der Waals surface area (Å²) in [5.41, 5.74) is 1.05. The summed E-state index contributed by atoms with van der Waals surface area (Å²) in [6.07, 6.45) is 1.81. The number of methoxy groups -OCH3 is 1. The lowest BCUT2D eigenvalue weighted by Gasteiger charge is -2.31. The largest absolute Gasteiger partial charge is 0.494 e. The van der Waals surface area contributed by atoms with Crippen LogP contribution in [0.25, 0.3) is 0 Å². The summed E-state index contributed by atoms with van der Waals surface area (Å²) in [6, 6.07) is 8.63. The maximum absolute atomic E-state index is 13.9. The molecule has 0 spiro atoms. The van der Waals surface area contributed by atoms with Gasteiger partial charge in [0.25, 0.3) is 5.91 Å². The van der Waals surface area contributed by atoms with Gasteiger partial charge in [-0.25, -0.2) is 8.78 Å². The molecule has 0 bridgehead atoms. The van der Waals surface area contributed by atoms with Crippen molar-refractivity contribution in [2.24, 2.45) is 5.92 Å². The van der Waals surface area contributed by atoms with Crippen molar-refractivity contribution in [2.75, 3.05) is 26.8 Å². The van der Waals surface area contributed by atoms with Crippen molar-refractivity contribution >= 4 is 5.91 Å². The lowest BCUT2D eigenvalue weighted by Crippen LogP contribution is -2.40. The van der Waals surface area contributed by atoms with Gasteiger partial charge in [0, 0.05) is 36.9 Å². The van der Waals surface area contributed by atoms with E-state index in [1.54, 1.807) is 29.2 Å². The van der Waals surface area contributed by atoms with Crippen LogP contribution >= 0.6 is 0 Å². The van der Waals surface area contributed by atoms with Gasteiger partial charge in [-0.3, -0.25) is 4.79 Å². The summed E-state index contributed by atoms with van der Waals surface area (Å²) in [7, 11) is 1.26. The zero-order valence-electron chi connectivity index (χ0n) is 15.5. The van der Waals surface area contributed by atoms with Gasteiger partial charge in [0.1, 0.15) is 5.82 Å². The van der Waals surface area contributed by atoms with Gasteiger partial charge >= 0.3 is 0 Å². The van der Waals surface area contributed by atoms with E-state index in [1.165, 1.54) is 7.11 Å². The molecule has 1 N–H and O–H groups in total. The van der Waals surface area contributed by atoms with Crippen LogP contribution in [0.15, 0.2) is 36.4 Å². The molecule has 3 rings (SSSR count). The molecule has 2 aromatic rings. The number of aliphatic hydroxyl groups is 1. The number of carbonyl (C=O) groups is 1. The van der Waals surface area contributed by atoms with E-state index in [9.17, 15) is 18.7 Å². The Kier molecular flexibility index (Phi) is 6.27. The number of rotatable bonds is 3. The van der Waals surface area contributed by atoms with Crippen molar-refractivity contribution in [3.63, 3.8) is 0 Å². The molecule has 1 unspecified atom stereocenters. The molecule has 1 atom stereocenters. The number of hydrogen-bond acceptors (Lipinski definition) is 3. The van der Waals surface area contributed by atoms with Crippen molar-refractivity contribution in [1.29, 1.82) is 0 Å². The van der Waals surface area contributed by atoms with Crippen molar-refractivity contribution in [3.8, 4) is 17.6 Å². The van der Waals surface area contributed by atoms with Gasteiger partial charge in [-0.2, -0.15) is 0 Å². The van der Waals surface area contributed by atoms with Gasteiger partial charge in [-0.1, -0.05) is 11.8 Å². The highest BCUT2D eigenvalue weighted by Gasteiger charge is 2.23. The Labute approximate surface area is 162 Å². The molecule has 146 valence electrons. The lowest BCUT2D eigenvalue weighted by atomic mass is 9.98. The summed E-state index contributed by atoms with van der Waals surface area (Å²) in [4.78, 5) is 14.4. The summed E-state index contributed by atoms with van der Waals surface area (Å²) < 4.78 is 32.4. The van der Waals surface area contributed by atoms with Gasteiger partial charge in [-0.05, 0) is 49.1 Å². The summed E-state index contributed by atoms with van der Waals surface area (Å²) in [6.45, 7) is 1.32. The number of piperidine rings is 1. The molecule has 1 heterocycles. The molecular weight excluding hydrogens is 364 g/mol. The van der Waals surface area contributed by atoms with E-state index in [1.807, 2.05) is 0 Å². The minimum absolute atomic E-state index is 0.0678. The van der Waals surface area contributed by atoms with Gasteiger partial charge in [0.15, 0.2) is 11.6 Å². The number of benzene rings is 2. The average Bonchev–Trinajstić information content (AvgIpc) is 2.74. The van der Waals surface area contributed by atoms with Crippen LogP contribution < -0.4 is 4.74 Å². The molecule has 6 heteroatoms. The molecule has 2 aromatic carbocycles. The van der Waals surface area contributed by atoms with E-state index in [-0.39, 0.29) is 29.7 Å². The zero-order valence-corrected chi connectivity index (χ0v) is 15.5. The van der Waals surface area contributed by atoms with Crippen LogP contribution in [0, 0.1) is 29.4 Å². The maximum atomic E-state index is 13.9. The predicted octanol–water partition coefficient (Wildman–Crippen LogP) is 3.22. The average molecular weight is 385 g/mol. The van der Waals surface area contributed by atoms with Gasteiger partial charge in [-0.15, -0.1) is 0 Å². The van der Waals surface area contributed by atoms with Crippen molar-refractivity contribution in [1.82, 2.24) is 4.90 Å². The number of hydrogen-bond donors (Lipinski definition) is 1. The first kappa shape index (κ1) is 19.8.